The molecule has 0 aliphatic carbocycles. The molecule has 0 heterocycles. The summed E-state index contributed by atoms with van der Waals surface area (Å²) >= 11 is 0. The minimum atomic E-state index is -0.175. The van der Waals surface area contributed by atoms with Gasteiger partial charge in [-0.25, -0.2) is 0 Å². The normalized spacial score (nSPS) is 17.4. The first-order valence-corrected chi connectivity index (χ1v) is 3.97. The molecule has 0 aliphatic rings. The molecule has 0 saturated heterocycles. The fraction of sp³-hybridized carbons (Fsp3) is 1.00. The highest BCUT2D eigenvalue weighted by Gasteiger charge is 2.08. The van der Waals surface area contributed by atoms with Gasteiger partial charge in [0.05, 0.1) is 6.10 Å². The van der Waals surface area contributed by atoms with E-state index < -0.39 is 0 Å². The van der Waals surface area contributed by atoms with Gasteiger partial charge in [0, 0.05) is 6.04 Å². The number of nitrogens with two attached hydrogens (primary N) is 1. The van der Waals surface area contributed by atoms with E-state index in [4.69, 9.17) is 5.73 Å². The highest BCUT2D eigenvalue weighted by molar-refractivity contribution is 4.63. The molecule has 2 heteroatoms. The van der Waals surface area contributed by atoms with Crippen LogP contribution in [-0.2, 0) is 0 Å². The van der Waals surface area contributed by atoms with Crippen molar-refractivity contribution in [1.82, 2.24) is 0 Å². The standard InChI is InChI=1S/C8H19NO/c1-6(2)8(10)5-4-7(3)9/h6-8,10H,4-5,9H2,1-3H3/t7-,8?/m0/s1. The molecular weight excluding hydrogens is 126 g/mol. The number of rotatable bonds is 4. The third-order valence-electron chi connectivity index (χ3n) is 1.69. The molecule has 0 spiro atoms. The SMILES string of the molecule is CC(C)C(O)CC[C@H](C)N. The van der Waals surface area contributed by atoms with Crippen LogP contribution in [0.1, 0.15) is 33.6 Å². The Kier molecular flexibility index (Phi) is 4.65. The second kappa shape index (κ2) is 4.69. The van der Waals surface area contributed by atoms with Gasteiger partial charge >= 0.3 is 0 Å². The van der Waals surface area contributed by atoms with Crippen molar-refractivity contribution < 1.29 is 5.11 Å². The maximum Gasteiger partial charge on any atom is 0.0563 e. The van der Waals surface area contributed by atoms with Gasteiger partial charge in [0.2, 0.25) is 0 Å². The average molecular weight is 145 g/mol. The van der Waals surface area contributed by atoms with E-state index in [1.807, 2.05) is 20.8 Å². The molecule has 0 radical (unpaired) electrons. The molecule has 2 nitrogen and oxygen atoms in total. The van der Waals surface area contributed by atoms with Crippen LogP contribution in [-0.4, -0.2) is 17.3 Å². The largest absolute Gasteiger partial charge is 0.393 e. The molecule has 0 saturated carbocycles. The molecule has 10 heavy (non-hydrogen) atoms. The molecule has 1 unspecified atom stereocenters. The van der Waals surface area contributed by atoms with E-state index in [1.54, 1.807) is 0 Å². The Morgan fingerprint density at radius 3 is 2.00 bits per heavy atom. The van der Waals surface area contributed by atoms with E-state index in [2.05, 4.69) is 0 Å². The van der Waals surface area contributed by atoms with Gasteiger partial charge in [0.1, 0.15) is 0 Å². The van der Waals surface area contributed by atoms with E-state index in [0.29, 0.717) is 5.92 Å². The van der Waals surface area contributed by atoms with Gasteiger partial charge in [-0.2, -0.15) is 0 Å². The summed E-state index contributed by atoms with van der Waals surface area (Å²) < 4.78 is 0. The number of aliphatic hydroxyl groups is 1. The van der Waals surface area contributed by atoms with Crippen LogP contribution in [0.25, 0.3) is 0 Å². The fourth-order valence-electron chi connectivity index (χ4n) is 0.767. The lowest BCUT2D eigenvalue weighted by molar-refractivity contribution is 0.112. The van der Waals surface area contributed by atoms with Crippen molar-refractivity contribution in [2.75, 3.05) is 0 Å². The van der Waals surface area contributed by atoms with Crippen LogP contribution < -0.4 is 5.73 Å². The summed E-state index contributed by atoms with van der Waals surface area (Å²) in [5.74, 6) is 0.360. The van der Waals surface area contributed by atoms with Gasteiger partial charge < -0.3 is 10.8 Å². The highest BCUT2D eigenvalue weighted by Crippen LogP contribution is 2.08. The average Bonchev–Trinajstić information content (AvgIpc) is 1.82. The van der Waals surface area contributed by atoms with Crippen LogP contribution in [0.15, 0.2) is 0 Å². The maximum atomic E-state index is 9.32. The molecule has 0 aromatic carbocycles. The number of aliphatic hydroxyl groups excluding tert-OH is 1. The van der Waals surface area contributed by atoms with E-state index in [-0.39, 0.29) is 12.1 Å². The molecular formula is C8H19NO. The van der Waals surface area contributed by atoms with Gasteiger partial charge in [0.15, 0.2) is 0 Å². The summed E-state index contributed by atoms with van der Waals surface area (Å²) in [6.45, 7) is 6.00. The van der Waals surface area contributed by atoms with Crippen molar-refractivity contribution >= 4 is 0 Å². The number of hydrogen-bond acceptors (Lipinski definition) is 2. The van der Waals surface area contributed by atoms with E-state index >= 15 is 0 Å². The van der Waals surface area contributed by atoms with Crippen molar-refractivity contribution in [2.45, 2.75) is 45.8 Å². The maximum absolute atomic E-state index is 9.32. The minimum absolute atomic E-state index is 0.175. The lowest BCUT2D eigenvalue weighted by Crippen LogP contribution is -2.21. The van der Waals surface area contributed by atoms with Gasteiger partial charge in [-0.05, 0) is 25.7 Å². The summed E-state index contributed by atoms with van der Waals surface area (Å²) in [6, 6.07) is 0.216. The molecule has 3 N–H and O–H groups in total. The molecule has 0 amide bonds. The summed E-state index contributed by atoms with van der Waals surface area (Å²) in [5.41, 5.74) is 5.53. The van der Waals surface area contributed by atoms with Gasteiger partial charge in [-0.3, -0.25) is 0 Å². The van der Waals surface area contributed by atoms with Crippen molar-refractivity contribution in [3.8, 4) is 0 Å². The lowest BCUT2D eigenvalue weighted by atomic mass is 10.0. The Morgan fingerprint density at radius 1 is 1.20 bits per heavy atom. The lowest BCUT2D eigenvalue weighted by Gasteiger charge is -2.14. The molecule has 2 atom stereocenters. The number of hydrogen-bond donors (Lipinski definition) is 2. The Balaban J connectivity index is 3.30. The molecule has 0 bridgehead atoms. The topological polar surface area (TPSA) is 46.2 Å². The summed E-state index contributed by atoms with van der Waals surface area (Å²) in [6.07, 6.45) is 1.57. The van der Waals surface area contributed by atoms with Gasteiger partial charge in [-0.1, -0.05) is 13.8 Å². The Hall–Kier alpha value is -0.0800. The molecule has 0 fully saturated rings. The van der Waals surface area contributed by atoms with Crippen molar-refractivity contribution in [3.63, 3.8) is 0 Å². The monoisotopic (exact) mass is 145 g/mol. The zero-order chi connectivity index (χ0) is 8.15. The highest BCUT2D eigenvalue weighted by atomic mass is 16.3. The second-order valence-corrected chi connectivity index (χ2v) is 3.37. The Labute approximate surface area is 63.4 Å². The first-order chi connectivity index (χ1) is 4.54. The molecule has 0 aliphatic heterocycles. The molecule has 0 aromatic rings. The van der Waals surface area contributed by atoms with Crippen molar-refractivity contribution in [2.24, 2.45) is 11.7 Å². The minimum Gasteiger partial charge on any atom is -0.393 e. The fourth-order valence-corrected chi connectivity index (χ4v) is 0.767. The third-order valence-corrected chi connectivity index (χ3v) is 1.69. The zero-order valence-electron chi connectivity index (χ0n) is 7.17. The zero-order valence-corrected chi connectivity index (χ0v) is 7.17. The quantitative estimate of drug-likeness (QED) is 0.623. The summed E-state index contributed by atoms with van der Waals surface area (Å²) in [7, 11) is 0. The predicted octanol–water partition coefficient (Wildman–Crippen LogP) is 1.13. The van der Waals surface area contributed by atoms with E-state index in [1.165, 1.54) is 0 Å². The van der Waals surface area contributed by atoms with E-state index in [9.17, 15) is 5.11 Å². The molecule has 0 rings (SSSR count). The van der Waals surface area contributed by atoms with Crippen molar-refractivity contribution in [1.29, 1.82) is 0 Å². The Bertz CT molecular complexity index is 81.3. The smallest absolute Gasteiger partial charge is 0.0563 e. The Morgan fingerprint density at radius 2 is 1.70 bits per heavy atom. The van der Waals surface area contributed by atoms with Crippen LogP contribution >= 0.6 is 0 Å². The van der Waals surface area contributed by atoms with Gasteiger partial charge in [-0.15, -0.1) is 0 Å². The van der Waals surface area contributed by atoms with Crippen LogP contribution in [0.4, 0.5) is 0 Å². The second-order valence-electron chi connectivity index (χ2n) is 3.37. The van der Waals surface area contributed by atoms with Crippen LogP contribution in [0, 0.1) is 5.92 Å². The predicted molar refractivity (Wildman–Crippen MR) is 43.7 cm³/mol. The molecule has 0 aromatic heterocycles. The summed E-state index contributed by atoms with van der Waals surface area (Å²) in [4.78, 5) is 0. The molecule has 62 valence electrons. The first kappa shape index (κ1) is 9.92. The van der Waals surface area contributed by atoms with Gasteiger partial charge in [0.25, 0.3) is 0 Å². The van der Waals surface area contributed by atoms with Crippen LogP contribution in [0.5, 0.6) is 0 Å². The van der Waals surface area contributed by atoms with E-state index in [0.717, 1.165) is 12.8 Å². The third kappa shape index (κ3) is 4.77. The van der Waals surface area contributed by atoms with Crippen LogP contribution in [0.2, 0.25) is 0 Å². The van der Waals surface area contributed by atoms with Crippen LogP contribution in [0.3, 0.4) is 0 Å². The first-order valence-electron chi connectivity index (χ1n) is 3.97. The summed E-state index contributed by atoms with van der Waals surface area (Å²) in [5, 5.41) is 9.32. The van der Waals surface area contributed by atoms with Crippen molar-refractivity contribution in [3.05, 3.63) is 0 Å².